The van der Waals surface area contributed by atoms with Crippen LogP contribution in [0.2, 0.25) is 0 Å². The van der Waals surface area contributed by atoms with Crippen molar-refractivity contribution in [3.63, 3.8) is 0 Å². The van der Waals surface area contributed by atoms with Crippen LogP contribution in [0.5, 0.6) is 0 Å². The van der Waals surface area contributed by atoms with Gasteiger partial charge in [-0.3, -0.25) is 5.32 Å². The van der Waals surface area contributed by atoms with Gasteiger partial charge in [0.2, 0.25) is 0 Å². The van der Waals surface area contributed by atoms with Gasteiger partial charge in [-0.15, -0.1) is 0 Å². The summed E-state index contributed by atoms with van der Waals surface area (Å²) in [6.45, 7) is 0. The number of nitriles is 1. The zero-order chi connectivity index (χ0) is 9.80. The molecule has 1 saturated carbocycles. The smallest absolute Gasteiger partial charge is 0.255 e. The molecule has 0 saturated heterocycles. The molecule has 74 valence electrons. The van der Waals surface area contributed by atoms with E-state index in [1.807, 2.05) is 0 Å². The maximum Gasteiger partial charge on any atom is 0.255 e. The highest BCUT2D eigenvalue weighted by atomic mass is 32.2. The van der Waals surface area contributed by atoms with Gasteiger partial charge in [0.05, 0.1) is 12.3 Å². The Hall–Kier alpha value is -0.990. The van der Waals surface area contributed by atoms with E-state index in [9.17, 15) is 0 Å². The molecule has 0 spiro atoms. The highest BCUT2D eigenvalue weighted by molar-refractivity contribution is 7.99. The molecule has 1 aliphatic carbocycles. The molecule has 1 aromatic rings. The molecule has 0 radical (unpaired) electrons. The Bertz CT molecular complexity index is 315. The van der Waals surface area contributed by atoms with Crippen molar-refractivity contribution in [2.45, 2.75) is 30.1 Å². The minimum atomic E-state index is -0.0978. The van der Waals surface area contributed by atoms with Gasteiger partial charge < -0.3 is 4.42 Å². The number of oxazole rings is 1. The Balaban J connectivity index is 1.74. The van der Waals surface area contributed by atoms with Crippen molar-refractivity contribution in [2.24, 2.45) is 0 Å². The van der Waals surface area contributed by atoms with Crippen LogP contribution in [0.15, 0.2) is 22.1 Å². The van der Waals surface area contributed by atoms with Crippen LogP contribution in [0.4, 0.5) is 0 Å². The van der Waals surface area contributed by atoms with Gasteiger partial charge >= 0.3 is 0 Å². The minimum absolute atomic E-state index is 0.0978. The molecule has 5 heteroatoms. The summed E-state index contributed by atoms with van der Waals surface area (Å²) < 4.78 is 5.06. The number of rotatable bonds is 5. The van der Waals surface area contributed by atoms with Crippen LogP contribution in [0.3, 0.4) is 0 Å². The highest BCUT2D eigenvalue weighted by Crippen LogP contribution is 2.21. The number of nitrogens with zero attached hydrogens (tertiary/aromatic N) is 2. The zero-order valence-electron chi connectivity index (χ0n) is 7.64. The molecule has 1 heterocycles. The Labute approximate surface area is 86.7 Å². The monoisotopic (exact) mass is 209 g/mol. The lowest BCUT2D eigenvalue weighted by atomic mass is 10.4. The SMILES string of the molecule is N#CC(CSc1ncco1)NC1CC1. The van der Waals surface area contributed by atoms with Crippen molar-refractivity contribution in [2.75, 3.05) is 5.75 Å². The normalized spacial score (nSPS) is 17.6. The summed E-state index contributed by atoms with van der Waals surface area (Å²) in [5, 5.41) is 12.7. The van der Waals surface area contributed by atoms with Gasteiger partial charge in [0.15, 0.2) is 0 Å². The molecule has 0 amide bonds. The second kappa shape index (κ2) is 4.49. The van der Waals surface area contributed by atoms with Gasteiger partial charge in [-0.1, -0.05) is 11.8 Å². The molecule has 1 aromatic heterocycles. The number of thioether (sulfide) groups is 1. The number of aromatic nitrogens is 1. The first-order chi connectivity index (χ1) is 6.88. The Morgan fingerprint density at radius 1 is 1.79 bits per heavy atom. The molecule has 1 fully saturated rings. The van der Waals surface area contributed by atoms with Gasteiger partial charge in [0.25, 0.3) is 5.22 Å². The maximum absolute atomic E-state index is 8.85. The molecule has 4 nitrogen and oxygen atoms in total. The molecule has 1 aliphatic rings. The lowest BCUT2D eigenvalue weighted by Crippen LogP contribution is -2.31. The van der Waals surface area contributed by atoms with Crippen molar-refractivity contribution in [1.82, 2.24) is 10.3 Å². The standard InChI is InChI=1S/C9H11N3OS/c10-5-8(12-7-1-2-7)6-14-9-11-3-4-13-9/h3-4,7-8,12H,1-2,6H2. The first kappa shape index (κ1) is 9.56. The van der Waals surface area contributed by atoms with E-state index >= 15 is 0 Å². The second-order valence-corrected chi connectivity index (χ2v) is 4.20. The van der Waals surface area contributed by atoms with E-state index in [1.165, 1.54) is 30.9 Å². The van der Waals surface area contributed by atoms with Crippen molar-refractivity contribution < 1.29 is 4.42 Å². The van der Waals surface area contributed by atoms with Crippen LogP contribution in [0.25, 0.3) is 0 Å². The summed E-state index contributed by atoms with van der Waals surface area (Å²) in [6.07, 6.45) is 5.54. The fraction of sp³-hybridized carbons (Fsp3) is 0.556. The van der Waals surface area contributed by atoms with Gasteiger partial charge in [0, 0.05) is 11.8 Å². The Kier molecular flexibility index (Phi) is 3.07. The van der Waals surface area contributed by atoms with Crippen LogP contribution in [-0.4, -0.2) is 22.8 Å². The molecule has 1 N–H and O–H groups in total. The van der Waals surface area contributed by atoms with Gasteiger partial charge in [-0.2, -0.15) is 5.26 Å². The fourth-order valence-electron chi connectivity index (χ4n) is 1.09. The van der Waals surface area contributed by atoms with Crippen molar-refractivity contribution in [1.29, 1.82) is 5.26 Å². The molecule has 2 rings (SSSR count). The summed E-state index contributed by atoms with van der Waals surface area (Å²) in [5.41, 5.74) is 0. The molecule has 0 aromatic carbocycles. The first-order valence-electron chi connectivity index (χ1n) is 4.56. The molecular weight excluding hydrogens is 198 g/mol. The number of hydrogen-bond acceptors (Lipinski definition) is 5. The quantitative estimate of drug-likeness (QED) is 0.743. The van der Waals surface area contributed by atoms with Crippen molar-refractivity contribution >= 4 is 11.8 Å². The number of nitrogens with one attached hydrogen (secondary N) is 1. The van der Waals surface area contributed by atoms with E-state index in [0.29, 0.717) is 17.0 Å². The van der Waals surface area contributed by atoms with Gasteiger partial charge in [0.1, 0.15) is 12.3 Å². The molecule has 1 unspecified atom stereocenters. The molecule has 0 aliphatic heterocycles. The summed E-state index contributed by atoms with van der Waals surface area (Å²) >= 11 is 1.47. The van der Waals surface area contributed by atoms with Crippen LogP contribution in [0.1, 0.15) is 12.8 Å². The summed E-state index contributed by atoms with van der Waals surface area (Å²) in [7, 11) is 0. The van der Waals surface area contributed by atoms with Crippen LogP contribution < -0.4 is 5.32 Å². The molecular formula is C9H11N3OS. The van der Waals surface area contributed by atoms with E-state index in [0.717, 1.165) is 0 Å². The average Bonchev–Trinajstić information content (AvgIpc) is 2.86. The van der Waals surface area contributed by atoms with Gasteiger partial charge in [-0.05, 0) is 12.8 Å². The summed E-state index contributed by atoms with van der Waals surface area (Å²) in [6, 6.07) is 2.70. The van der Waals surface area contributed by atoms with Gasteiger partial charge in [-0.25, -0.2) is 4.98 Å². The van der Waals surface area contributed by atoms with Crippen molar-refractivity contribution in [3.05, 3.63) is 12.5 Å². The third kappa shape index (κ3) is 2.76. The fourth-order valence-corrected chi connectivity index (χ4v) is 1.83. The Morgan fingerprint density at radius 3 is 3.21 bits per heavy atom. The van der Waals surface area contributed by atoms with Crippen LogP contribution in [0, 0.1) is 11.3 Å². The van der Waals surface area contributed by atoms with Crippen LogP contribution in [-0.2, 0) is 0 Å². The largest absolute Gasteiger partial charge is 0.440 e. The predicted molar refractivity (Wildman–Crippen MR) is 52.8 cm³/mol. The predicted octanol–water partition coefficient (Wildman–Crippen LogP) is 1.41. The maximum atomic E-state index is 8.85. The zero-order valence-corrected chi connectivity index (χ0v) is 8.46. The summed E-state index contributed by atoms with van der Waals surface area (Å²) in [5.74, 6) is 0.688. The number of hydrogen-bond donors (Lipinski definition) is 1. The summed E-state index contributed by atoms with van der Waals surface area (Å²) in [4.78, 5) is 3.98. The Morgan fingerprint density at radius 2 is 2.64 bits per heavy atom. The molecule has 0 bridgehead atoms. The van der Waals surface area contributed by atoms with E-state index in [-0.39, 0.29) is 6.04 Å². The average molecular weight is 209 g/mol. The first-order valence-corrected chi connectivity index (χ1v) is 5.55. The highest BCUT2D eigenvalue weighted by Gasteiger charge is 2.24. The topological polar surface area (TPSA) is 61.9 Å². The molecule has 1 atom stereocenters. The van der Waals surface area contributed by atoms with E-state index in [4.69, 9.17) is 9.68 Å². The third-order valence-electron chi connectivity index (χ3n) is 1.95. The minimum Gasteiger partial charge on any atom is -0.440 e. The van der Waals surface area contributed by atoms with Crippen LogP contribution >= 0.6 is 11.8 Å². The third-order valence-corrected chi connectivity index (χ3v) is 2.90. The van der Waals surface area contributed by atoms with Crippen molar-refractivity contribution in [3.8, 4) is 6.07 Å². The second-order valence-electron chi connectivity index (χ2n) is 3.23. The van der Waals surface area contributed by atoms with E-state index in [2.05, 4.69) is 16.4 Å². The van der Waals surface area contributed by atoms with E-state index in [1.54, 1.807) is 6.20 Å². The lowest BCUT2D eigenvalue weighted by molar-refractivity contribution is 0.453. The van der Waals surface area contributed by atoms with E-state index < -0.39 is 0 Å². The molecule has 14 heavy (non-hydrogen) atoms. The lowest BCUT2D eigenvalue weighted by Gasteiger charge is -2.07.